The lowest BCUT2D eigenvalue weighted by molar-refractivity contribution is -0.122. The van der Waals surface area contributed by atoms with Crippen molar-refractivity contribution < 1.29 is 4.79 Å². The summed E-state index contributed by atoms with van der Waals surface area (Å²) in [6, 6.07) is 0. The third-order valence-corrected chi connectivity index (χ3v) is 2.03. The van der Waals surface area contributed by atoms with Crippen molar-refractivity contribution in [3.05, 3.63) is 12.7 Å². The van der Waals surface area contributed by atoms with Gasteiger partial charge in [-0.25, -0.2) is 0 Å². The van der Waals surface area contributed by atoms with E-state index in [2.05, 4.69) is 13.5 Å². The van der Waals surface area contributed by atoms with Crippen LogP contribution in [-0.2, 0) is 4.79 Å². The van der Waals surface area contributed by atoms with Gasteiger partial charge in [-0.1, -0.05) is 26.8 Å². The molecule has 0 rings (SSSR count). The summed E-state index contributed by atoms with van der Waals surface area (Å²) >= 11 is 0. The third kappa shape index (κ3) is 3.97. The maximum Gasteiger partial charge on any atom is 0.135 e. The molecule has 0 fully saturated rings. The first-order valence-corrected chi connectivity index (χ1v) is 4.27. The lowest BCUT2D eigenvalue weighted by Gasteiger charge is -2.11. The highest BCUT2D eigenvalue weighted by molar-refractivity contribution is 5.80. The van der Waals surface area contributed by atoms with Crippen molar-refractivity contribution in [3.63, 3.8) is 0 Å². The topological polar surface area (TPSA) is 17.1 Å². The van der Waals surface area contributed by atoms with Crippen LogP contribution in [0.15, 0.2) is 12.7 Å². The first-order valence-electron chi connectivity index (χ1n) is 4.27. The van der Waals surface area contributed by atoms with Gasteiger partial charge in [0.05, 0.1) is 0 Å². The summed E-state index contributed by atoms with van der Waals surface area (Å²) in [5.74, 6) is 1.02. The molecule has 0 aromatic rings. The summed E-state index contributed by atoms with van der Waals surface area (Å²) in [7, 11) is 0. The molecule has 11 heavy (non-hydrogen) atoms. The van der Waals surface area contributed by atoms with E-state index in [1.165, 1.54) is 0 Å². The Morgan fingerprint density at radius 3 is 2.45 bits per heavy atom. The third-order valence-electron chi connectivity index (χ3n) is 2.03. The molecule has 0 radical (unpaired) electrons. The summed E-state index contributed by atoms with van der Waals surface area (Å²) in [5.41, 5.74) is 0. The Morgan fingerprint density at radius 1 is 1.55 bits per heavy atom. The van der Waals surface area contributed by atoms with E-state index < -0.39 is 0 Å². The Morgan fingerprint density at radius 2 is 2.09 bits per heavy atom. The molecule has 2 atom stereocenters. The fourth-order valence-electron chi connectivity index (χ4n) is 1.13. The molecule has 0 saturated carbocycles. The van der Waals surface area contributed by atoms with Crippen molar-refractivity contribution in [2.45, 2.75) is 33.6 Å². The maximum atomic E-state index is 11.1. The average molecular weight is 154 g/mol. The number of Topliss-reactive ketones (excluding diaryl/α,β-unsaturated/α-hetero) is 1. The standard InChI is InChI=1S/C10H18O/c1-5-8(3)7-9(4)10(11)6-2/h5,8-9H,1,6-7H2,2-4H3/t8-,9-/m1/s1. The fraction of sp³-hybridized carbons (Fsp3) is 0.700. The lowest BCUT2D eigenvalue weighted by Crippen LogP contribution is -2.11. The number of rotatable bonds is 5. The van der Waals surface area contributed by atoms with E-state index in [1.807, 2.05) is 19.9 Å². The molecule has 0 bridgehead atoms. The van der Waals surface area contributed by atoms with Gasteiger partial charge in [0.2, 0.25) is 0 Å². The minimum atomic E-state index is 0.202. The number of hydrogen-bond donors (Lipinski definition) is 0. The summed E-state index contributed by atoms with van der Waals surface area (Å²) in [5, 5.41) is 0. The van der Waals surface area contributed by atoms with E-state index >= 15 is 0 Å². The van der Waals surface area contributed by atoms with Gasteiger partial charge in [0, 0.05) is 12.3 Å². The number of carbonyl (C=O) groups is 1. The second-order valence-corrected chi connectivity index (χ2v) is 3.17. The monoisotopic (exact) mass is 154 g/mol. The highest BCUT2D eigenvalue weighted by Crippen LogP contribution is 2.14. The van der Waals surface area contributed by atoms with Gasteiger partial charge in [0.1, 0.15) is 5.78 Å². The molecular formula is C10H18O. The Labute approximate surface area is 69.5 Å². The zero-order chi connectivity index (χ0) is 8.85. The molecule has 0 N–H and O–H groups in total. The zero-order valence-electron chi connectivity index (χ0n) is 7.76. The average Bonchev–Trinajstić information content (AvgIpc) is 2.02. The Balaban J connectivity index is 3.76. The molecular weight excluding hydrogens is 136 g/mol. The predicted molar refractivity (Wildman–Crippen MR) is 48.4 cm³/mol. The van der Waals surface area contributed by atoms with Crippen LogP contribution in [-0.4, -0.2) is 5.78 Å². The molecule has 0 spiro atoms. The molecule has 1 heteroatoms. The predicted octanol–water partition coefficient (Wildman–Crippen LogP) is 2.81. The second-order valence-electron chi connectivity index (χ2n) is 3.17. The quantitative estimate of drug-likeness (QED) is 0.556. The molecule has 0 aromatic carbocycles. The Kier molecular flexibility index (Phi) is 4.84. The van der Waals surface area contributed by atoms with Gasteiger partial charge in [-0.2, -0.15) is 0 Å². The van der Waals surface area contributed by atoms with Crippen LogP contribution < -0.4 is 0 Å². The summed E-state index contributed by atoms with van der Waals surface area (Å²) in [6.45, 7) is 9.68. The van der Waals surface area contributed by atoms with Gasteiger partial charge in [-0.15, -0.1) is 6.58 Å². The second kappa shape index (κ2) is 5.11. The normalized spacial score (nSPS) is 15.5. The first-order chi connectivity index (χ1) is 5.11. The molecule has 0 amide bonds. The summed E-state index contributed by atoms with van der Waals surface area (Å²) < 4.78 is 0. The van der Waals surface area contributed by atoms with Crippen molar-refractivity contribution in [1.29, 1.82) is 0 Å². The van der Waals surface area contributed by atoms with Gasteiger partial charge < -0.3 is 0 Å². The Hall–Kier alpha value is -0.590. The van der Waals surface area contributed by atoms with Gasteiger partial charge >= 0.3 is 0 Å². The molecule has 0 aliphatic carbocycles. The van der Waals surface area contributed by atoms with Gasteiger partial charge in [-0.05, 0) is 12.3 Å². The number of carbonyl (C=O) groups excluding carboxylic acids is 1. The molecule has 1 nitrogen and oxygen atoms in total. The van der Waals surface area contributed by atoms with Crippen molar-refractivity contribution in [1.82, 2.24) is 0 Å². The van der Waals surface area contributed by atoms with Crippen molar-refractivity contribution in [3.8, 4) is 0 Å². The van der Waals surface area contributed by atoms with Crippen molar-refractivity contribution >= 4 is 5.78 Å². The highest BCUT2D eigenvalue weighted by atomic mass is 16.1. The minimum absolute atomic E-state index is 0.202. The highest BCUT2D eigenvalue weighted by Gasteiger charge is 2.12. The van der Waals surface area contributed by atoms with Crippen LogP contribution in [0.1, 0.15) is 33.6 Å². The van der Waals surface area contributed by atoms with Crippen molar-refractivity contribution in [2.24, 2.45) is 11.8 Å². The van der Waals surface area contributed by atoms with E-state index in [0.717, 1.165) is 6.42 Å². The molecule has 0 aliphatic heterocycles. The molecule has 0 aliphatic rings. The van der Waals surface area contributed by atoms with Crippen LogP contribution in [0.25, 0.3) is 0 Å². The molecule has 0 saturated heterocycles. The van der Waals surface area contributed by atoms with E-state index in [4.69, 9.17) is 0 Å². The van der Waals surface area contributed by atoms with Crippen LogP contribution in [0, 0.1) is 11.8 Å². The maximum absolute atomic E-state index is 11.1. The SMILES string of the molecule is C=C[C@@H](C)C[C@@H](C)C(=O)CC. The number of hydrogen-bond acceptors (Lipinski definition) is 1. The first kappa shape index (κ1) is 10.4. The molecule has 0 unspecified atom stereocenters. The van der Waals surface area contributed by atoms with Crippen molar-refractivity contribution in [2.75, 3.05) is 0 Å². The van der Waals surface area contributed by atoms with Gasteiger partial charge in [0.25, 0.3) is 0 Å². The number of allylic oxidation sites excluding steroid dienone is 1. The molecule has 0 heterocycles. The van der Waals surface area contributed by atoms with Crippen LogP contribution >= 0.6 is 0 Å². The van der Waals surface area contributed by atoms with E-state index in [0.29, 0.717) is 18.1 Å². The Bertz CT molecular complexity index is 138. The summed E-state index contributed by atoms with van der Waals surface area (Å²) in [4.78, 5) is 11.1. The van der Waals surface area contributed by atoms with Crippen LogP contribution in [0.4, 0.5) is 0 Å². The van der Waals surface area contributed by atoms with Crippen LogP contribution in [0.5, 0.6) is 0 Å². The van der Waals surface area contributed by atoms with Gasteiger partial charge in [-0.3, -0.25) is 4.79 Å². The van der Waals surface area contributed by atoms with E-state index in [-0.39, 0.29) is 5.92 Å². The minimum Gasteiger partial charge on any atom is -0.299 e. The number of ketones is 1. The zero-order valence-corrected chi connectivity index (χ0v) is 7.76. The van der Waals surface area contributed by atoms with Crippen LogP contribution in [0.3, 0.4) is 0 Å². The van der Waals surface area contributed by atoms with Crippen LogP contribution in [0.2, 0.25) is 0 Å². The smallest absolute Gasteiger partial charge is 0.135 e. The molecule has 64 valence electrons. The molecule has 0 aromatic heterocycles. The van der Waals surface area contributed by atoms with Gasteiger partial charge in [0.15, 0.2) is 0 Å². The fourth-order valence-corrected chi connectivity index (χ4v) is 1.13. The van der Waals surface area contributed by atoms with E-state index in [1.54, 1.807) is 0 Å². The lowest BCUT2D eigenvalue weighted by atomic mass is 9.93. The van der Waals surface area contributed by atoms with E-state index in [9.17, 15) is 4.79 Å². The largest absolute Gasteiger partial charge is 0.299 e. The summed E-state index contributed by atoms with van der Waals surface area (Å²) in [6.07, 6.45) is 3.50.